The number of benzene rings is 2. The molecule has 0 bridgehead atoms. The molecule has 6 heteroatoms. The summed E-state index contributed by atoms with van der Waals surface area (Å²) in [6, 6.07) is 11.1. The Bertz CT molecular complexity index is 760. The van der Waals surface area contributed by atoms with Crippen LogP contribution in [-0.4, -0.2) is 18.4 Å². The standard InChI is InChI=1S/C20H23FN2O3/c1-14-6-7-15(2)18(13-14)26-12-4-3-5-19(24)22-23-20(25)16-8-10-17(21)11-9-16/h6-11,13H,3-5,12H2,1-2H3,(H,22,24)(H,23,25). The molecule has 0 saturated carbocycles. The van der Waals surface area contributed by atoms with Crippen molar-refractivity contribution in [1.82, 2.24) is 10.9 Å². The zero-order chi connectivity index (χ0) is 18.9. The molecule has 0 unspecified atom stereocenters. The van der Waals surface area contributed by atoms with Gasteiger partial charge in [0, 0.05) is 12.0 Å². The highest BCUT2D eigenvalue weighted by atomic mass is 19.1. The van der Waals surface area contributed by atoms with Gasteiger partial charge in [-0.3, -0.25) is 20.4 Å². The fourth-order valence-corrected chi connectivity index (χ4v) is 2.29. The minimum absolute atomic E-state index is 0.272. The normalized spacial score (nSPS) is 10.3. The molecule has 0 radical (unpaired) electrons. The average Bonchev–Trinajstić information content (AvgIpc) is 2.62. The number of ether oxygens (including phenoxy) is 1. The lowest BCUT2D eigenvalue weighted by Crippen LogP contribution is -2.41. The third kappa shape index (κ3) is 6.20. The van der Waals surface area contributed by atoms with Gasteiger partial charge in [-0.2, -0.15) is 0 Å². The number of unbranched alkanes of at least 4 members (excludes halogenated alkanes) is 1. The van der Waals surface area contributed by atoms with Crippen molar-refractivity contribution < 1.29 is 18.7 Å². The summed E-state index contributed by atoms with van der Waals surface area (Å²) in [6.07, 6.45) is 1.65. The lowest BCUT2D eigenvalue weighted by molar-refractivity contribution is -0.122. The topological polar surface area (TPSA) is 67.4 Å². The van der Waals surface area contributed by atoms with Crippen molar-refractivity contribution in [1.29, 1.82) is 0 Å². The summed E-state index contributed by atoms with van der Waals surface area (Å²) in [6.45, 7) is 4.53. The van der Waals surface area contributed by atoms with Crippen LogP contribution in [0, 0.1) is 19.7 Å². The van der Waals surface area contributed by atoms with Crippen molar-refractivity contribution in [3.63, 3.8) is 0 Å². The zero-order valence-corrected chi connectivity index (χ0v) is 15.0. The maximum Gasteiger partial charge on any atom is 0.269 e. The Morgan fingerprint density at radius 2 is 1.73 bits per heavy atom. The molecular weight excluding hydrogens is 335 g/mol. The Morgan fingerprint density at radius 3 is 2.46 bits per heavy atom. The number of amides is 2. The number of hydrazine groups is 1. The third-order valence-corrected chi connectivity index (χ3v) is 3.82. The first-order chi connectivity index (χ1) is 12.5. The summed E-state index contributed by atoms with van der Waals surface area (Å²) in [7, 11) is 0. The summed E-state index contributed by atoms with van der Waals surface area (Å²) < 4.78 is 18.5. The number of hydrogen-bond acceptors (Lipinski definition) is 3. The van der Waals surface area contributed by atoms with Gasteiger partial charge >= 0.3 is 0 Å². The molecule has 26 heavy (non-hydrogen) atoms. The summed E-state index contributed by atoms with van der Waals surface area (Å²) in [5, 5.41) is 0. The van der Waals surface area contributed by atoms with E-state index in [1.54, 1.807) is 0 Å². The number of hydrogen-bond donors (Lipinski definition) is 2. The van der Waals surface area contributed by atoms with Gasteiger partial charge in [-0.05, 0) is 68.1 Å². The van der Waals surface area contributed by atoms with E-state index in [2.05, 4.69) is 10.9 Å². The molecule has 2 aromatic carbocycles. The number of carbonyl (C=O) groups is 2. The van der Waals surface area contributed by atoms with Crippen LogP contribution in [0.5, 0.6) is 5.75 Å². The number of halogens is 1. The lowest BCUT2D eigenvalue weighted by atomic mass is 10.1. The Kier molecular flexibility index (Phi) is 7.14. The average molecular weight is 358 g/mol. The second-order valence-electron chi connectivity index (χ2n) is 6.08. The summed E-state index contributed by atoms with van der Waals surface area (Å²) >= 11 is 0. The highest BCUT2D eigenvalue weighted by Crippen LogP contribution is 2.19. The van der Waals surface area contributed by atoms with Gasteiger partial charge in [0.25, 0.3) is 5.91 Å². The fraction of sp³-hybridized carbons (Fsp3) is 0.300. The molecule has 0 aliphatic rings. The molecule has 2 rings (SSSR count). The van der Waals surface area contributed by atoms with Crippen LogP contribution in [0.25, 0.3) is 0 Å². The van der Waals surface area contributed by atoms with Crippen molar-refractivity contribution in [2.24, 2.45) is 0 Å². The molecule has 0 aromatic heterocycles. The Labute approximate surface area is 152 Å². The van der Waals surface area contributed by atoms with Gasteiger partial charge in [-0.25, -0.2) is 4.39 Å². The van der Waals surface area contributed by atoms with Gasteiger partial charge < -0.3 is 4.74 Å². The zero-order valence-electron chi connectivity index (χ0n) is 15.0. The molecule has 0 fully saturated rings. The fourth-order valence-electron chi connectivity index (χ4n) is 2.29. The van der Waals surface area contributed by atoms with E-state index in [4.69, 9.17) is 4.74 Å². The van der Waals surface area contributed by atoms with E-state index in [9.17, 15) is 14.0 Å². The van der Waals surface area contributed by atoms with Crippen LogP contribution in [0.4, 0.5) is 4.39 Å². The van der Waals surface area contributed by atoms with Crippen LogP contribution in [0.15, 0.2) is 42.5 Å². The van der Waals surface area contributed by atoms with Crippen LogP contribution < -0.4 is 15.6 Å². The predicted molar refractivity (Wildman–Crippen MR) is 97.3 cm³/mol. The third-order valence-electron chi connectivity index (χ3n) is 3.82. The first kappa shape index (κ1) is 19.4. The molecule has 0 aliphatic heterocycles. The molecule has 0 atom stereocenters. The number of carbonyl (C=O) groups excluding carboxylic acids is 2. The van der Waals surface area contributed by atoms with E-state index < -0.39 is 11.7 Å². The number of rotatable bonds is 7. The summed E-state index contributed by atoms with van der Waals surface area (Å²) in [4.78, 5) is 23.5. The van der Waals surface area contributed by atoms with Crippen LogP contribution in [0.3, 0.4) is 0 Å². The van der Waals surface area contributed by atoms with Crippen molar-refractivity contribution in [2.45, 2.75) is 33.1 Å². The van der Waals surface area contributed by atoms with Crippen LogP contribution >= 0.6 is 0 Å². The van der Waals surface area contributed by atoms with Gasteiger partial charge in [-0.1, -0.05) is 12.1 Å². The molecule has 2 aromatic rings. The highest BCUT2D eigenvalue weighted by Gasteiger charge is 2.07. The summed E-state index contributed by atoms with van der Waals surface area (Å²) in [5.41, 5.74) is 7.15. The van der Waals surface area contributed by atoms with Gasteiger partial charge in [0.2, 0.25) is 5.91 Å². The van der Waals surface area contributed by atoms with Gasteiger partial charge in [0.1, 0.15) is 11.6 Å². The maximum atomic E-state index is 12.8. The van der Waals surface area contributed by atoms with E-state index >= 15 is 0 Å². The van der Waals surface area contributed by atoms with Crippen molar-refractivity contribution >= 4 is 11.8 Å². The number of nitrogens with one attached hydrogen (secondary N) is 2. The molecule has 0 spiro atoms. The van der Waals surface area contributed by atoms with E-state index in [-0.39, 0.29) is 17.9 Å². The summed E-state index contributed by atoms with van der Waals surface area (Å²) in [5.74, 6) is -0.335. The Morgan fingerprint density at radius 1 is 1.00 bits per heavy atom. The minimum Gasteiger partial charge on any atom is -0.493 e. The van der Waals surface area contributed by atoms with Crippen molar-refractivity contribution in [2.75, 3.05) is 6.61 Å². The monoisotopic (exact) mass is 358 g/mol. The van der Waals surface area contributed by atoms with E-state index in [0.717, 1.165) is 23.3 Å². The Hall–Kier alpha value is -2.89. The molecule has 0 saturated heterocycles. The minimum atomic E-state index is -0.489. The van der Waals surface area contributed by atoms with Crippen molar-refractivity contribution in [3.8, 4) is 5.75 Å². The molecule has 2 N–H and O–H groups in total. The van der Waals surface area contributed by atoms with Crippen molar-refractivity contribution in [3.05, 3.63) is 65.0 Å². The van der Waals surface area contributed by atoms with Crippen LogP contribution in [-0.2, 0) is 4.79 Å². The molecule has 5 nitrogen and oxygen atoms in total. The quantitative estimate of drug-likeness (QED) is 0.588. The van der Waals surface area contributed by atoms with Crippen LogP contribution in [0.1, 0.15) is 40.7 Å². The van der Waals surface area contributed by atoms with E-state index in [0.29, 0.717) is 13.0 Å². The lowest BCUT2D eigenvalue weighted by Gasteiger charge is -2.10. The van der Waals surface area contributed by atoms with Crippen LogP contribution in [0.2, 0.25) is 0 Å². The van der Waals surface area contributed by atoms with E-state index in [1.807, 2.05) is 32.0 Å². The Balaban J connectivity index is 1.62. The molecular formula is C20H23FN2O3. The maximum absolute atomic E-state index is 12.8. The largest absolute Gasteiger partial charge is 0.493 e. The SMILES string of the molecule is Cc1ccc(C)c(OCCCCC(=O)NNC(=O)c2ccc(F)cc2)c1. The second kappa shape index (κ2) is 9.56. The predicted octanol–water partition coefficient (Wildman–Crippen LogP) is 3.45. The smallest absolute Gasteiger partial charge is 0.269 e. The molecule has 2 amide bonds. The van der Waals surface area contributed by atoms with Gasteiger partial charge in [0.05, 0.1) is 6.61 Å². The number of aryl methyl sites for hydroxylation is 2. The van der Waals surface area contributed by atoms with E-state index in [1.165, 1.54) is 24.3 Å². The molecule has 138 valence electrons. The second-order valence-corrected chi connectivity index (χ2v) is 6.08. The van der Waals surface area contributed by atoms with Gasteiger partial charge in [-0.15, -0.1) is 0 Å². The molecule has 0 aliphatic carbocycles. The first-order valence-electron chi connectivity index (χ1n) is 8.50. The first-order valence-corrected chi connectivity index (χ1v) is 8.50. The van der Waals surface area contributed by atoms with Gasteiger partial charge in [0.15, 0.2) is 0 Å². The highest BCUT2D eigenvalue weighted by molar-refractivity contribution is 5.95. The molecule has 0 heterocycles.